The highest BCUT2D eigenvalue weighted by Crippen LogP contribution is 2.60. The topological polar surface area (TPSA) is 154 Å². The zero-order valence-electron chi connectivity index (χ0n) is 24.4. The van der Waals surface area contributed by atoms with E-state index in [9.17, 15) is 34.2 Å². The molecule has 1 aromatic rings. The molecule has 2 N–H and O–H groups in total. The number of aliphatic hydroxyl groups is 2. The molecule has 3 aliphatic rings. The Morgan fingerprint density at radius 2 is 1.54 bits per heavy atom. The number of carbonyl (C=O) groups is 5. The van der Waals surface area contributed by atoms with Gasteiger partial charge in [-0.1, -0.05) is 45.9 Å². The number of hydrogen-bond donors (Lipinski definition) is 2. The number of carbonyl (C=O) groups excluding carboxylic acids is 5. The predicted octanol–water partition coefficient (Wildman–Crippen LogP) is 2.73. The molecule has 8 atom stereocenters. The number of fused-ring (bicyclic) bond motifs is 3. The van der Waals surface area contributed by atoms with Crippen LogP contribution in [-0.2, 0) is 33.4 Å². The minimum absolute atomic E-state index is 0.00816. The van der Waals surface area contributed by atoms with Crippen LogP contribution in [0.3, 0.4) is 0 Å². The van der Waals surface area contributed by atoms with Gasteiger partial charge < -0.3 is 24.4 Å². The van der Waals surface area contributed by atoms with Crippen LogP contribution in [0.1, 0.15) is 71.7 Å². The monoisotopic (exact) mass is 570 g/mol. The molecule has 10 heteroatoms. The first-order valence-electron chi connectivity index (χ1n) is 13.8. The Balaban J connectivity index is 2.04. The second-order valence-corrected chi connectivity index (χ2v) is 12.3. The van der Waals surface area contributed by atoms with Gasteiger partial charge in [-0.2, -0.15) is 0 Å². The van der Waals surface area contributed by atoms with Gasteiger partial charge in [-0.25, -0.2) is 4.79 Å². The van der Waals surface area contributed by atoms with Gasteiger partial charge in [0.25, 0.3) is 0 Å². The van der Waals surface area contributed by atoms with Gasteiger partial charge in [0.1, 0.15) is 11.7 Å². The highest BCUT2D eigenvalue weighted by Gasteiger charge is 2.71. The summed E-state index contributed by atoms with van der Waals surface area (Å²) in [6, 6.07) is 7.99. The van der Waals surface area contributed by atoms with Crippen LogP contribution < -0.4 is 0 Å². The van der Waals surface area contributed by atoms with Crippen molar-refractivity contribution in [3.05, 3.63) is 47.0 Å². The molecule has 0 saturated heterocycles. The van der Waals surface area contributed by atoms with Crippen LogP contribution in [0.4, 0.5) is 0 Å². The third kappa shape index (κ3) is 4.70. The molecule has 2 fully saturated rings. The van der Waals surface area contributed by atoms with E-state index in [2.05, 4.69) is 0 Å². The SMILES string of the molecule is CC(=O)O[C@H]1C(=O)[C@]2(C)C(C)C[C@H](OC(C)=O)C(=O)C2[C@H](OC(=O)c2ccccc2)[C@]2(O)C[C@H](O)C(C)=C1C2(C)C. The lowest BCUT2D eigenvalue weighted by Crippen LogP contribution is -2.72. The molecule has 222 valence electrons. The maximum Gasteiger partial charge on any atom is 0.338 e. The molecule has 4 rings (SSSR count). The number of Topliss-reactive ketones (excluding diaryl/α,β-unsaturated/α-hetero) is 2. The maximum absolute atomic E-state index is 14.6. The number of ether oxygens (including phenoxy) is 3. The van der Waals surface area contributed by atoms with E-state index in [-0.39, 0.29) is 24.0 Å². The summed E-state index contributed by atoms with van der Waals surface area (Å²) >= 11 is 0. The van der Waals surface area contributed by atoms with Crippen molar-refractivity contribution < 1.29 is 48.4 Å². The van der Waals surface area contributed by atoms with Crippen LogP contribution >= 0.6 is 0 Å². The van der Waals surface area contributed by atoms with Crippen LogP contribution in [0.15, 0.2) is 41.5 Å². The van der Waals surface area contributed by atoms with Gasteiger partial charge in [0.2, 0.25) is 0 Å². The Morgan fingerprint density at radius 3 is 2.10 bits per heavy atom. The van der Waals surface area contributed by atoms with Crippen molar-refractivity contribution in [2.24, 2.45) is 22.7 Å². The molecule has 0 spiro atoms. The minimum Gasteiger partial charge on any atom is -0.455 e. The summed E-state index contributed by atoms with van der Waals surface area (Å²) in [4.78, 5) is 66.7. The van der Waals surface area contributed by atoms with E-state index in [1.165, 1.54) is 19.1 Å². The molecule has 2 unspecified atom stereocenters. The number of esters is 3. The number of benzene rings is 1. The second-order valence-electron chi connectivity index (χ2n) is 12.3. The fraction of sp³-hybridized carbons (Fsp3) is 0.581. The van der Waals surface area contributed by atoms with E-state index < -0.39 is 82.2 Å². The molecule has 3 aliphatic carbocycles. The molecule has 41 heavy (non-hydrogen) atoms. The molecule has 2 saturated carbocycles. The summed E-state index contributed by atoms with van der Waals surface area (Å²) in [7, 11) is 0. The lowest BCUT2D eigenvalue weighted by molar-refractivity contribution is -0.219. The van der Waals surface area contributed by atoms with Gasteiger partial charge in [-0.15, -0.1) is 0 Å². The summed E-state index contributed by atoms with van der Waals surface area (Å²) in [5, 5.41) is 23.8. The summed E-state index contributed by atoms with van der Waals surface area (Å²) < 4.78 is 17.0. The third-order valence-electron chi connectivity index (χ3n) is 9.69. The van der Waals surface area contributed by atoms with Crippen LogP contribution in [0.2, 0.25) is 0 Å². The summed E-state index contributed by atoms with van der Waals surface area (Å²) in [5.74, 6) is -5.79. The zero-order valence-corrected chi connectivity index (χ0v) is 24.4. The predicted molar refractivity (Wildman–Crippen MR) is 144 cm³/mol. The van der Waals surface area contributed by atoms with Crippen molar-refractivity contribution in [2.45, 2.75) is 91.3 Å². The lowest BCUT2D eigenvalue weighted by Gasteiger charge is -2.60. The Hall–Kier alpha value is -3.37. The molecule has 1 aromatic carbocycles. The van der Waals surface area contributed by atoms with Gasteiger partial charge >= 0.3 is 17.9 Å². The van der Waals surface area contributed by atoms with Crippen molar-refractivity contribution in [3.63, 3.8) is 0 Å². The molecule has 0 aromatic heterocycles. The average molecular weight is 571 g/mol. The first-order valence-corrected chi connectivity index (χ1v) is 13.8. The van der Waals surface area contributed by atoms with Gasteiger partial charge in [-0.05, 0) is 42.5 Å². The van der Waals surface area contributed by atoms with Crippen LogP contribution in [0.5, 0.6) is 0 Å². The second kappa shape index (κ2) is 10.5. The normalized spacial score (nSPS) is 36.4. The fourth-order valence-corrected chi connectivity index (χ4v) is 7.16. The fourth-order valence-electron chi connectivity index (χ4n) is 7.16. The Kier molecular flexibility index (Phi) is 7.81. The summed E-state index contributed by atoms with van der Waals surface area (Å²) in [6.45, 7) is 10.4. The van der Waals surface area contributed by atoms with Crippen molar-refractivity contribution in [2.75, 3.05) is 0 Å². The lowest BCUT2D eigenvalue weighted by atomic mass is 9.46. The number of aliphatic hydroxyl groups excluding tert-OH is 1. The summed E-state index contributed by atoms with van der Waals surface area (Å²) in [5.41, 5.74) is -4.49. The highest BCUT2D eigenvalue weighted by atomic mass is 16.6. The Labute approximate surface area is 239 Å². The van der Waals surface area contributed by atoms with E-state index >= 15 is 0 Å². The molecule has 0 aliphatic heterocycles. The van der Waals surface area contributed by atoms with Crippen molar-refractivity contribution in [1.82, 2.24) is 0 Å². The van der Waals surface area contributed by atoms with Crippen molar-refractivity contribution >= 4 is 29.5 Å². The maximum atomic E-state index is 14.6. The van der Waals surface area contributed by atoms with Gasteiger partial charge in [0.05, 0.1) is 17.6 Å². The standard InChI is InChI=1S/C31H38O10/c1-15-13-21(39-17(3)32)24(35)23-27(41-28(37)19-11-9-8-10-12-19)31(38)14-20(34)16(2)22(29(31,5)6)25(40-18(4)33)26(36)30(15,23)7/h8-12,15,20-21,23,25,27,34,38H,13-14H2,1-7H3/t15?,20-,21-,23?,25+,27-,30+,31+/m0/s1. The molecular formula is C31H38O10. The molecule has 2 bridgehead atoms. The van der Waals surface area contributed by atoms with E-state index in [1.807, 2.05) is 0 Å². The molecule has 0 radical (unpaired) electrons. The van der Waals surface area contributed by atoms with E-state index in [4.69, 9.17) is 14.2 Å². The van der Waals surface area contributed by atoms with Crippen molar-refractivity contribution in [1.29, 1.82) is 0 Å². The van der Waals surface area contributed by atoms with Gasteiger partial charge in [0, 0.05) is 31.1 Å². The van der Waals surface area contributed by atoms with E-state index in [0.29, 0.717) is 5.57 Å². The zero-order chi connectivity index (χ0) is 30.7. The van der Waals surface area contributed by atoms with E-state index in [0.717, 1.165) is 13.8 Å². The Bertz CT molecular complexity index is 1310. The number of ketones is 2. The molecule has 0 amide bonds. The largest absolute Gasteiger partial charge is 0.455 e. The van der Waals surface area contributed by atoms with Crippen LogP contribution in [0.25, 0.3) is 0 Å². The number of rotatable bonds is 4. The van der Waals surface area contributed by atoms with Crippen molar-refractivity contribution in [3.8, 4) is 0 Å². The first-order chi connectivity index (χ1) is 19.0. The quantitative estimate of drug-likeness (QED) is 0.314. The summed E-state index contributed by atoms with van der Waals surface area (Å²) in [6.07, 6.45) is -6.10. The Morgan fingerprint density at radius 1 is 0.951 bits per heavy atom. The molecule has 10 nitrogen and oxygen atoms in total. The number of hydrogen-bond acceptors (Lipinski definition) is 10. The molecular weight excluding hydrogens is 532 g/mol. The first kappa shape index (κ1) is 30.6. The minimum atomic E-state index is -2.12. The highest BCUT2D eigenvalue weighted by molar-refractivity contribution is 6.01. The third-order valence-corrected chi connectivity index (χ3v) is 9.69. The van der Waals surface area contributed by atoms with Gasteiger partial charge in [0.15, 0.2) is 23.8 Å². The van der Waals surface area contributed by atoms with E-state index in [1.54, 1.807) is 45.9 Å². The van der Waals surface area contributed by atoms with Gasteiger partial charge in [-0.3, -0.25) is 19.2 Å². The molecule has 0 heterocycles. The smallest absolute Gasteiger partial charge is 0.338 e. The van der Waals surface area contributed by atoms with Crippen LogP contribution in [0, 0.1) is 22.7 Å². The average Bonchev–Trinajstić information content (AvgIpc) is 2.88. The van der Waals surface area contributed by atoms with Crippen LogP contribution in [-0.4, -0.2) is 69.7 Å².